The number of rotatable bonds is 5. The van der Waals surface area contributed by atoms with Crippen molar-refractivity contribution in [3.05, 3.63) is 90.0 Å². The smallest absolute Gasteiger partial charge is 0.343 e. The normalized spacial score (nSPS) is 10.2. The molecule has 0 spiro atoms. The predicted molar refractivity (Wildman–Crippen MR) is 99.2 cm³/mol. The van der Waals surface area contributed by atoms with Gasteiger partial charge in [0.05, 0.1) is 12.2 Å². The van der Waals surface area contributed by atoms with Gasteiger partial charge in [0.25, 0.3) is 0 Å². The fourth-order valence-corrected chi connectivity index (χ4v) is 2.52. The van der Waals surface area contributed by atoms with Crippen molar-refractivity contribution < 1.29 is 19.1 Å². The van der Waals surface area contributed by atoms with Crippen LogP contribution in [0, 0.1) is 0 Å². The lowest BCUT2D eigenvalue weighted by molar-refractivity contribution is 0.0520. The molecule has 0 atom stereocenters. The van der Waals surface area contributed by atoms with Gasteiger partial charge in [0.2, 0.25) is 0 Å². The number of hydrogen-bond donors (Lipinski definition) is 0. The minimum atomic E-state index is -0.527. The maximum atomic E-state index is 12.4. The number of carbonyl (C=O) groups is 2. The molecule has 3 aromatic carbocycles. The van der Waals surface area contributed by atoms with Crippen molar-refractivity contribution in [2.45, 2.75) is 6.92 Å². The van der Waals surface area contributed by atoms with Crippen LogP contribution in [0.5, 0.6) is 5.75 Å². The largest absolute Gasteiger partial charge is 0.462 e. The van der Waals surface area contributed by atoms with E-state index < -0.39 is 11.9 Å². The SMILES string of the molecule is CCOC(=O)c1ccccc1OC(=O)c1ccc(-c2ccccc2)cc1. The quantitative estimate of drug-likeness (QED) is 0.494. The van der Waals surface area contributed by atoms with Crippen LogP contribution in [-0.2, 0) is 4.74 Å². The monoisotopic (exact) mass is 346 g/mol. The fraction of sp³-hybridized carbons (Fsp3) is 0.0909. The van der Waals surface area contributed by atoms with Gasteiger partial charge in [-0.25, -0.2) is 9.59 Å². The number of ether oxygens (including phenoxy) is 2. The average molecular weight is 346 g/mol. The molecular formula is C22H18O4. The van der Waals surface area contributed by atoms with E-state index in [0.717, 1.165) is 11.1 Å². The first-order chi connectivity index (χ1) is 12.7. The highest BCUT2D eigenvalue weighted by Gasteiger charge is 2.17. The van der Waals surface area contributed by atoms with Crippen molar-refractivity contribution in [3.8, 4) is 16.9 Å². The Morgan fingerprint density at radius 3 is 2.04 bits per heavy atom. The molecule has 3 aromatic rings. The highest BCUT2D eigenvalue weighted by atomic mass is 16.5. The van der Waals surface area contributed by atoms with Gasteiger partial charge in [-0.05, 0) is 42.3 Å². The zero-order valence-corrected chi connectivity index (χ0v) is 14.3. The van der Waals surface area contributed by atoms with Crippen molar-refractivity contribution in [2.75, 3.05) is 6.61 Å². The number of hydrogen-bond acceptors (Lipinski definition) is 4. The Hall–Kier alpha value is -3.40. The molecule has 0 unspecified atom stereocenters. The van der Waals surface area contributed by atoms with Gasteiger partial charge in [0, 0.05) is 0 Å². The van der Waals surface area contributed by atoms with Crippen LogP contribution in [0.25, 0.3) is 11.1 Å². The Morgan fingerprint density at radius 1 is 0.731 bits per heavy atom. The maximum absolute atomic E-state index is 12.4. The van der Waals surface area contributed by atoms with Crippen LogP contribution in [0.15, 0.2) is 78.9 Å². The molecule has 4 nitrogen and oxygen atoms in total. The predicted octanol–water partition coefficient (Wildman–Crippen LogP) is 4.75. The summed E-state index contributed by atoms with van der Waals surface area (Å²) in [4.78, 5) is 24.4. The summed E-state index contributed by atoms with van der Waals surface area (Å²) in [6.45, 7) is 1.98. The maximum Gasteiger partial charge on any atom is 0.343 e. The van der Waals surface area contributed by atoms with Crippen molar-refractivity contribution in [2.24, 2.45) is 0 Å². The van der Waals surface area contributed by atoms with Gasteiger partial charge < -0.3 is 9.47 Å². The van der Waals surface area contributed by atoms with E-state index in [9.17, 15) is 9.59 Å². The van der Waals surface area contributed by atoms with Crippen LogP contribution < -0.4 is 4.74 Å². The molecule has 0 saturated heterocycles. The lowest BCUT2D eigenvalue weighted by Gasteiger charge is -2.09. The molecule has 0 saturated carbocycles. The molecule has 0 aliphatic rings. The Morgan fingerprint density at radius 2 is 1.35 bits per heavy atom. The second-order valence-electron chi connectivity index (χ2n) is 5.55. The van der Waals surface area contributed by atoms with Crippen molar-refractivity contribution in [3.63, 3.8) is 0 Å². The van der Waals surface area contributed by atoms with Crippen LogP contribution in [0.4, 0.5) is 0 Å². The standard InChI is InChI=1S/C22H18O4/c1-2-25-22(24)19-10-6-7-11-20(19)26-21(23)18-14-12-17(13-15-18)16-8-4-3-5-9-16/h3-15H,2H2,1H3. The molecule has 0 N–H and O–H groups in total. The van der Waals surface area contributed by atoms with E-state index in [4.69, 9.17) is 9.47 Å². The molecule has 26 heavy (non-hydrogen) atoms. The average Bonchev–Trinajstić information content (AvgIpc) is 2.69. The number of benzene rings is 3. The van der Waals surface area contributed by atoms with E-state index >= 15 is 0 Å². The summed E-state index contributed by atoms with van der Waals surface area (Å²) in [5.74, 6) is -0.861. The third kappa shape index (κ3) is 3.98. The molecule has 0 aliphatic heterocycles. The lowest BCUT2D eigenvalue weighted by atomic mass is 10.0. The van der Waals surface area contributed by atoms with E-state index in [1.807, 2.05) is 42.5 Å². The van der Waals surface area contributed by atoms with Crippen LogP contribution in [0.1, 0.15) is 27.6 Å². The van der Waals surface area contributed by atoms with E-state index in [1.165, 1.54) is 0 Å². The summed E-state index contributed by atoms with van der Waals surface area (Å²) in [5, 5.41) is 0. The Kier molecular flexibility index (Phi) is 5.44. The van der Waals surface area contributed by atoms with Gasteiger partial charge in [-0.2, -0.15) is 0 Å². The second kappa shape index (κ2) is 8.12. The Labute approximate surface area is 152 Å². The fourth-order valence-electron chi connectivity index (χ4n) is 2.52. The lowest BCUT2D eigenvalue weighted by Crippen LogP contribution is -2.13. The van der Waals surface area contributed by atoms with E-state index in [-0.39, 0.29) is 17.9 Å². The number of carbonyl (C=O) groups excluding carboxylic acids is 2. The van der Waals surface area contributed by atoms with Crippen LogP contribution in [-0.4, -0.2) is 18.5 Å². The number of esters is 2. The van der Waals surface area contributed by atoms with Gasteiger partial charge >= 0.3 is 11.9 Å². The van der Waals surface area contributed by atoms with Gasteiger partial charge in [-0.15, -0.1) is 0 Å². The Bertz CT molecular complexity index is 899. The molecule has 0 fully saturated rings. The molecule has 0 heterocycles. The van der Waals surface area contributed by atoms with E-state index in [2.05, 4.69) is 0 Å². The van der Waals surface area contributed by atoms with Crippen LogP contribution in [0.2, 0.25) is 0 Å². The molecule has 0 radical (unpaired) electrons. The third-order valence-electron chi connectivity index (χ3n) is 3.81. The zero-order chi connectivity index (χ0) is 18.4. The summed E-state index contributed by atoms with van der Waals surface area (Å²) >= 11 is 0. The minimum Gasteiger partial charge on any atom is -0.462 e. The van der Waals surface area contributed by atoms with Gasteiger partial charge in [0.15, 0.2) is 0 Å². The number of para-hydroxylation sites is 1. The van der Waals surface area contributed by atoms with Crippen LogP contribution in [0.3, 0.4) is 0 Å². The summed E-state index contributed by atoms with van der Waals surface area (Å²) in [6, 6.07) is 23.6. The van der Waals surface area contributed by atoms with Crippen LogP contribution >= 0.6 is 0 Å². The zero-order valence-electron chi connectivity index (χ0n) is 14.3. The summed E-state index contributed by atoms with van der Waals surface area (Å²) in [6.07, 6.45) is 0. The molecule has 0 aromatic heterocycles. The second-order valence-corrected chi connectivity index (χ2v) is 5.55. The minimum absolute atomic E-state index is 0.183. The van der Waals surface area contributed by atoms with Gasteiger partial charge in [-0.1, -0.05) is 54.6 Å². The first kappa shape index (κ1) is 17.4. The van der Waals surface area contributed by atoms with Crippen molar-refractivity contribution in [1.82, 2.24) is 0 Å². The van der Waals surface area contributed by atoms with Crippen molar-refractivity contribution in [1.29, 1.82) is 0 Å². The summed E-state index contributed by atoms with van der Waals surface area (Å²) in [5.41, 5.74) is 2.71. The summed E-state index contributed by atoms with van der Waals surface area (Å²) < 4.78 is 10.4. The highest BCUT2D eigenvalue weighted by molar-refractivity contribution is 5.96. The van der Waals surface area contributed by atoms with Gasteiger partial charge in [0.1, 0.15) is 11.3 Å². The first-order valence-corrected chi connectivity index (χ1v) is 8.33. The first-order valence-electron chi connectivity index (χ1n) is 8.33. The molecular weight excluding hydrogens is 328 g/mol. The molecule has 0 aliphatic carbocycles. The van der Waals surface area contributed by atoms with E-state index in [1.54, 1.807) is 43.3 Å². The topological polar surface area (TPSA) is 52.6 Å². The van der Waals surface area contributed by atoms with Crippen molar-refractivity contribution >= 4 is 11.9 Å². The Balaban J connectivity index is 1.78. The highest BCUT2D eigenvalue weighted by Crippen LogP contribution is 2.22. The summed E-state index contributed by atoms with van der Waals surface area (Å²) in [7, 11) is 0. The molecule has 130 valence electrons. The van der Waals surface area contributed by atoms with Gasteiger partial charge in [-0.3, -0.25) is 0 Å². The molecule has 0 amide bonds. The van der Waals surface area contributed by atoms with E-state index in [0.29, 0.717) is 5.56 Å². The molecule has 3 rings (SSSR count). The molecule has 4 heteroatoms. The molecule has 0 bridgehead atoms. The third-order valence-corrected chi connectivity index (χ3v) is 3.81.